The molecule has 0 amide bonds. The van der Waals surface area contributed by atoms with Gasteiger partial charge in [0.15, 0.2) is 0 Å². The summed E-state index contributed by atoms with van der Waals surface area (Å²) in [6.07, 6.45) is 4.76. The molecule has 98 valence electrons. The number of hydrogen-bond donors (Lipinski definition) is 1. The van der Waals surface area contributed by atoms with Crippen molar-refractivity contribution in [1.29, 1.82) is 5.26 Å². The summed E-state index contributed by atoms with van der Waals surface area (Å²) in [6.45, 7) is 3.77. The minimum absolute atomic E-state index is 0.476. The van der Waals surface area contributed by atoms with Crippen LogP contribution in [0.15, 0.2) is 30.7 Å². The van der Waals surface area contributed by atoms with E-state index in [9.17, 15) is 0 Å². The second kappa shape index (κ2) is 6.26. The Labute approximate surface area is 117 Å². The number of aromatic nitrogens is 2. The number of aryl methyl sites for hydroxylation is 1. The first kappa shape index (κ1) is 13.4. The van der Waals surface area contributed by atoms with Crippen molar-refractivity contribution >= 4 is 17.3 Å². The molecule has 0 saturated heterocycles. The largest absolute Gasteiger partial charge is 0.379 e. The standard InChI is InChI=1S/C14H15ClN4/c1-2-5-19-10-17-8-13(19)9-18-12-3-4-14(15)11(6-12)7-16/h3-4,6,8,10,18H,2,5,9H2,1H3. The minimum Gasteiger partial charge on any atom is -0.379 e. The number of nitriles is 1. The van der Waals surface area contributed by atoms with Crippen LogP contribution in [0.5, 0.6) is 0 Å². The van der Waals surface area contributed by atoms with Gasteiger partial charge in [0.2, 0.25) is 0 Å². The highest BCUT2D eigenvalue weighted by molar-refractivity contribution is 6.31. The number of benzene rings is 1. The van der Waals surface area contributed by atoms with E-state index in [1.807, 2.05) is 18.6 Å². The molecule has 0 spiro atoms. The van der Waals surface area contributed by atoms with Crippen LogP contribution in [0, 0.1) is 11.3 Å². The molecular weight excluding hydrogens is 260 g/mol. The van der Waals surface area contributed by atoms with E-state index in [-0.39, 0.29) is 0 Å². The van der Waals surface area contributed by atoms with Crippen molar-refractivity contribution in [3.05, 3.63) is 47.0 Å². The average molecular weight is 275 g/mol. The molecule has 2 rings (SSSR count). The molecule has 1 aromatic heterocycles. The quantitative estimate of drug-likeness (QED) is 0.909. The fraction of sp³-hybridized carbons (Fsp3) is 0.286. The van der Waals surface area contributed by atoms with Gasteiger partial charge < -0.3 is 9.88 Å². The van der Waals surface area contributed by atoms with E-state index in [1.54, 1.807) is 12.1 Å². The lowest BCUT2D eigenvalue weighted by Crippen LogP contribution is -2.07. The Hall–Kier alpha value is -1.99. The van der Waals surface area contributed by atoms with E-state index in [0.29, 0.717) is 17.1 Å². The van der Waals surface area contributed by atoms with Gasteiger partial charge in [-0.05, 0) is 24.6 Å². The zero-order valence-electron chi connectivity index (χ0n) is 10.7. The summed E-state index contributed by atoms with van der Waals surface area (Å²) in [7, 11) is 0. The van der Waals surface area contributed by atoms with Crippen molar-refractivity contribution in [1.82, 2.24) is 9.55 Å². The molecule has 19 heavy (non-hydrogen) atoms. The molecule has 0 radical (unpaired) electrons. The van der Waals surface area contributed by atoms with Gasteiger partial charge in [0.1, 0.15) is 6.07 Å². The van der Waals surface area contributed by atoms with Crippen molar-refractivity contribution in [2.24, 2.45) is 0 Å². The van der Waals surface area contributed by atoms with E-state index in [2.05, 4.69) is 27.9 Å². The van der Waals surface area contributed by atoms with Crippen molar-refractivity contribution in [3.8, 4) is 6.07 Å². The second-order valence-corrected chi connectivity index (χ2v) is 4.65. The summed E-state index contributed by atoms with van der Waals surface area (Å²) >= 11 is 5.90. The number of imidazole rings is 1. The summed E-state index contributed by atoms with van der Waals surface area (Å²) in [5.41, 5.74) is 2.48. The maximum Gasteiger partial charge on any atom is 0.101 e. The van der Waals surface area contributed by atoms with Gasteiger partial charge in [0.25, 0.3) is 0 Å². The average Bonchev–Trinajstić information content (AvgIpc) is 2.86. The lowest BCUT2D eigenvalue weighted by atomic mass is 10.2. The Bertz CT molecular complexity index is 598. The van der Waals surface area contributed by atoms with E-state index in [1.165, 1.54) is 0 Å². The van der Waals surface area contributed by atoms with E-state index >= 15 is 0 Å². The number of hydrogen-bond acceptors (Lipinski definition) is 3. The van der Waals surface area contributed by atoms with Gasteiger partial charge in [-0.25, -0.2) is 4.98 Å². The molecule has 0 aliphatic heterocycles. The van der Waals surface area contributed by atoms with Crippen LogP contribution in [-0.2, 0) is 13.1 Å². The van der Waals surface area contributed by atoms with Crippen molar-refractivity contribution in [2.75, 3.05) is 5.32 Å². The van der Waals surface area contributed by atoms with Crippen LogP contribution in [0.1, 0.15) is 24.6 Å². The second-order valence-electron chi connectivity index (χ2n) is 4.24. The summed E-state index contributed by atoms with van der Waals surface area (Å²) in [4.78, 5) is 4.15. The molecule has 1 N–H and O–H groups in total. The molecule has 2 aromatic rings. The highest BCUT2D eigenvalue weighted by Gasteiger charge is 2.03. The van der Waals surface area contributed by atoms with Gasteiger partial charge in [0, 0.05) is 18.4 Å². The Morgan fingerprint density at radius 1 is 1.47 bits per heavy atom. The molecule has 0 fully saturated rings. The van der Waals surface area contributed by atoms with Crippen LogP contribution < -0.4 is 5.32 Å². The monoisotopic (exact) mass is 274 g/mol. The van der Waals surface area contributed by atoms with Gasteiger partial charge in [0.05, 0.1) is 29.2 Å². The van der Waals surface area contributed by atoms with Gasteiger partial charge in [-0.2, -0.15) is 5.26 Å². The van der Waals surface area contributed by atoms with Crippen LogP contribution in [0.25, 0.3) is 0 Å². The van der Waals surface area contributed by atoms with E-state index in [0.717, 1.165) is 24.3 Å². The highest BCUT2D eigenvalue weighted by Crippen LogP contribution is 2.20. The first-order valence-corrected chi connectivity index (χ1v) is 6.55. The molecule has 1 heterocycles. The maximum atomic E-state index is 8.93. The van der Waals surface area contributed by atoms with Crippen LogP contribution in [0.4, 0.5) is 5.69 Å². The van der Waals surface area contributed by atoms with Crippen LogP contribution in [0.2, 0.25) is 5.02 Å². The Morgan fingerprint density at radius 3 is 3.05 bits per heavy atom. The molecule has 0 unspecified atom stereocenters. The Morgan fingerprint density at radius 2 is 2.32 bits per heavy atom. The molecule has 0 saturated carbocycles. The van der Waals surface area contributed by atoms with Gasteiger partial charge >= 0.3 is 0 Å². The molecule has 0 atom stereocenters. The third-order valence-electron chi connectivity index (χ3n) is 2.82. The zero-order valence-corrected chi connectivity index (χ0v) is 11.5. The van der Waals surface area contributed by atoms with Crippen LogP contribution in [0.3, 0.4) is 0 Å². The highest BCUT2D eigenvalue weighted by atomic mass is 35.5. The lowest BCUT2D eigenvalue weighted by Gasteiger charge is -2.09. The zero-order chi connectivity index (χ0) is 13.7. The first-order valence-electron chi connectivity index (χ1n) is 6.17. The number of anilines is 1. The third-order valence-corrected chi connectivity index (χ3v) is 3.15. The molecule has 0 bridgehead atoms. The smallest absolute Gasteiger partial charge is 0.101 e. The van der Waals surface area contributed by atoms with Crippen molar-refractivity contribution in [3.63, 3.8) is 0 Å². The fourth-order valence-electron chi connectivity index (χ4n) is 1.85. The van der Waals surface area contributed by atoms with Gasteiger partial charge in [-0.3, -0.25) is 0 Å². The topological polar surface area (TPSA) is 53.6 Å². The molecular formula is C14H15ClN4. The third kappa shape index (κ3) is 3.27. The maximum absolute atomic E-state index is 8.93. The molecule has 0 aliphatic rings. The normalized spacial score (nSPS) is 10.2. The lowest BCUT2D eigenvalue weighted by molar-refractivity contribution is 0.651. The molecule has 0 aliphatic carbocycles. The SMILES string of the molecule is CCCn1cncc1CNc1ccc(Cl)c(C#N)c1. The molecule has 5 heteroatoms. The number of rotatable bonds is 5. The summed E-state index contributed by atoms with van der Waals surface area (Å²) in [5, 5.41) is 12.7. The predicted molar refractivity (Wildman–Crippen MR) is 76.0 cm³/mol. The minimum atomic E-state index is 0.476. The van der Waals surface area contributed by atoms with Gasteiger partial charge in [-0.1, -0.05) is 18.5 Å². The Balaban J connectivity index is 2.06. The number of nitrogens with one attached hydrogen (secondary N) is 1. The summed E-state index contributed by atoms with van der Waals surface area (Å²) in [6, 6.07) is 7.42. The van der Waals surface area contributed by atoms with E-state index in [4.69, 9.17) is 16.9 Å². The van der Waals surface area contributed by atoms with Gasteiger partial charge in [-0.15, -0.1) is 0 Å². The summed E-state index contributed by atoms with van der Waals surface area (Å²) < 4.78 is 2.12. The van der Waals surface area contributed by atoms with Crippen molar-refractivity contribution < 1.29 is 0 Å². The molecule has 4 nitrogen and oxygen atoms in total. The Kier molecular flexibility index (Phi) is 4.43. The van der Waals surface area contributed by atoms with E-state index < -0.39 is 0 Å². The summed E-state index contributed by atoms with van der Waals surface area (Å²) in [5.74, 6) is 0. The number of halogens is 1. The first-order chi connectivity index (χ1) is 9.24. The van der Waals surface area contributed by atoms with Crippen LogP contribution in [-0.4, -0.2) is 9.55 Å². The van der Waals surface area contributed by atoms with Crippen LogP contribution >= 0.6 is 11.6 Å². The van der Waals surface area contributed by atoms with Crippen molar-refractivity contribution in [2.45, 2.75) is 26.4 Å². The number of nitrogens with zero attached hydrogens (tertiary/aromatic N) is 3. The molecule has 1 aromatic carbocycles. The fourth-order valence-corrected chi connectivity index (χ4v) is 2.01. The predicted octanol–water partition coefficient (Wildman–Crippen LogP) is 3.43.